The van der Waals surface area contributed by atoms with Crippen LogP contribution in [0.1, 0.15) is 27.6 Å². The van der Waals surface area contributed by atoms with Gasteiger partial charge in [0.2, 0.25) is 0 Å². The first kappa shape index (κ1) is 19.2. The van der Waals surface area contributed by atoms with E-state index in [-0.39, 0.29) is 28.4 Å². The van der Waals surface area contributed by atoms with E-state index >= 15 is 0 Å². The molecule has 1 aromatic heterocycles. The van der Waals surface area contributed by atoms with Gasteiger partial charge in [-0.15, -0.1) is 0 Å². The number of amides is 3. The van der Waals surface area contributed by atoms with E-state index in [1.54, 1.807) is 19.2 Å². The highest BCUT2D eigenvalue weighted by atomic mass is 35.5. The molecule has 142 valence electrons. The topological polar surface area (TPSA) is 110 Å². The van der Waals surface area contributed by atoms with Gasteiger partial charge >= 0.3 is 12.0 Å². The zero-order chi connectivity index (χ0) is 20.1. The maximum atomic E-state index is 12.3. The number of carbonyl (C=O) groups is 3. The molecule has 8 nitrogen and oxygen atoms in total. The third-order valence-corrected chi connectivity index (χ3v) is 4.01. The average molecular weight is 399 g/mol. The molecule has 0 saturated heterocycles. The highest BCUT2D eigenvalue weighted by Gasteiger charge is 2.15. The van der Waals surface area contributed by atoms with Crippen LogP contribution in [0.25, 0.3) is 11.0 Å². The minimum Gasteiger partial charge on any atom is -0.462 e. The first-order valence-electron chi connectivity index (χ1n) is 8.27. The Kier molecular flexibility index (Phi) is 5.81. The van der Waals surface area contributed by atoms with Crippen molar-refractivity contribution in [3.05, 3.63) is 64.9 Å². The molecule has 0 bridgehead atoms. The Labute approximate surface area is 164 Å². The number of aromatic nitrogens is 2. The monoisotopic (exact) mass is 398 g/mol. The molecular formula is C19H15ClN4O4. The number of ether oxygens (including phenoxy) is 1. The van der Waals surface area contributed by atoms with Crippen LogP contribution in [0.2, 0.25) is 5.02 Å². The molecule has 0 aliphatic rings. The van der Waals surface area contributed by atoms with E-state index in [1.807, 2.05) is 0 Å². The molecule has 0 spiro atoms. The predicted octanol–water partition coefficient (Wildman–Crippen LogP) is 3.42. The van der Waals surface area contributed by atoms with Crippen LogP contribution >= 0.6 is 11.6 Å². The number of anilines is 1. The van der Waals surface area contributed by atoms with E-state index in [1.165, 1.54) is 36.5 Å². The van der Waals surface area contributed by atoms with Crippen LogP contribution in [-0.4, -0.2) is 34.5 Å². The number of esters is 1. The van der Waals surface area contributed by atoms with Crippen LogP contribution in [0.4, 0.5) is 10.5 Å². The van der Waals surface area contributed by atoms with Gasteiger partial charge in [-0.25, -0.2) is 9.59 Å². The zero-order valence-electron chi connectivity index (χ0n) is 14.7. The summed E-state index contributed by atoms with van der Waals surface area (Å²) in [6.07, 6.45) is 3.05. The first-order valence-corrected chi connectivity index (χ1v) is 8.65. The van der Waals surface area contributed by atoms with Crippen molar-refractivity contribution in [2.75, 3.05) is 11.9 Å². The van der Waals surface area contributed by atoms with Crippen LogP contribution in [0.15, 0.2) is 48.8 Å². The van der Waals surface area contributed by atoms with Crippen molar-refractivity contribution in [2.45, 2.75) is 6.92 Å². The van der Waals surface area contributed by atoms with Crippen molar-refractivity contribution >= 4 is 46.2 Å². The van der Waals surface area contributed by atoms with Gasteiger partial charge in [-0.2, -0.15) is 0 Å². The standard InChI is InChI=1S/C19H15ClN4O4/c1-2-28-18(26)12-3-5-13(20)15(10-12)23-19(27)24-17(25)11-4-6-14-16(9-11)22-8-7-21-14/h3-10H,2H2,1H3,(H2,23,24,25,27). The molecule has 0 atom stereocenters. The number of nitrogens with one attached hydrogen (secondary N) is 2. The normalized spacial score (nSPS) is 10.4. The number of benzene rings is 2. The lowest BCUT2D eigenvalue weighted by molar-refractivity contribution is 0.0526. The summed E-state index contributed by atoms with van der Waals surface area (Å²) in [6, 6.07) is 8.20. The lowest BCUT2D eigenvalue weighted by Crippen LogP contribution is -2.34. The Morgan fingerprint density at radius 2 is 1.71 bits per heavy atom. The summed E-state index contributed by atoms with van der Waals surface area (Å²) < 4.78 is 4.91. The molecule has 0 fully saturated rings. The molecule has 0 unspecified atom stereocenters. The summed E-state index contributed by atoms with van der Waals surface area (Å²) in [7, 11) is 0. The summed E-state index contributed by atoms with van der Waals surface area (Å²) in [6.45, 7) is 1.90. The van der Waals surface area contributed by atoms with Gasteiger partial charge in [0.05, 0.1) is 33.9 Å². The second kappa shape index (κ2) is 8.45. The number of nitrogens with zero attached hydrogens (tertiary/aromatic N) is 2. The molecule has 9 heteroatoms. The van der Waals surface area contributed by atoms with Gasteiger partial charge in [0.1, 0.15) is 0 Å². The SMILES string of the molecule is CCOC(=O)c1ccc(Cl)c(NC(=O)NC(=O)c2ccc3nccnc3c2)c1. The summed E-state index contributed by atoms with van der Waals surface area (Å²) in [5.41, 5.74) is 1.80. The van der Waals surface area contributed by atoms with E-state index in [0.717, 1.165) is 0 Å². The van der Waals surface area contributed by atoms with Crippen LogP contribution < -0.4 is 10.6 Å². The van der Waals surface area contributed by atoms with Gasteiger partial charge in [-0.3, -0.25) is 20.1 Å². The molecule has 3 amide bonds. The quantitative estimate of drug-likeness (QED) is 0.651. The predicted molar refractivity (Wildman–Crippen MR) is 103 cm³/mol. The van der Waals surface area contributed by atoms with Gasteiger partial charge in [0.15, 0.2) is 0 Å². The number of carbonyl (C=O) groups excluding carboxylic acids is 3. The highest BCUT2D eigenvalue weighted by Crippen LogP contribution is 2.23. The third-order valence-electron chi connectivity index (χ3n) is 3.68. The Hall–Kier alpha value is -3.52. The molecule has 0 aliphatic heterocycles. The fourth-order valence-corrected chi connectivity index (χ4v) is 2.56. The molecular weight excluding hydrogens is 384 g/mol. The van der Waals surface area contributed by atoms with Crippen LogP contribution in [-0.2, 0) is 4.74 Å². The van der Waals surface area contributed by atoms with Crippen molar-refractivity contribution < 1.29 is 19.1 Å². The molecule has 3 rings (SSSR count). The highest BCUT2D eigenvalue weighted by molar-refractivity contribution is 6.34. The van der Waals surface area contributed by atoms with Gasteiger partial charge in [0, 0.05) is 18.0 Å². The summed E-state index contributed by atoms with van der Waals surface area (Å²) >= 11 is 6.05. The fraction of sp³-hybridized carbons (Fsp3) is 0.105. The van der Waals surface area contributed by atoms with Gasteiger partial charge < -0.3 is 10.1 Å². The van der Waals surface area contributed by atoms with Crippen LogP contribution in [0.3, 0.4) is 0 Å². The molecule has 2 N–H and O–H groups in total. The van der Waals surface area contributed by atoms with E-state index in [0.29, 0.717) is 11.0 Å². The molecule has 1 heterocycles. The number of rotatable bonds is 4. The smallest absolute Gasteiger partial charge is 0.338 e. The minimum absolute atomic E-state index is 0.168. The number of hydrogen-bond donors (Lipinski definition) is 2. The van der Waals surface area contributed by atoms with Gasteiger partial charge in [0.25, 0.3) is 5.91 Å². The maximum Gasteiger partial charge on any atom is 0.338 e. The second-order valence-corrected chi connectivity index (χ2v) is 5.99. The summed E-state index contributed by atoms with van der Waals surface area (Å²) in [4.78, 5) is 44.5. The largest absolute Gasteiger partial charge is 0.462 e. The van der Waals surface area contributed by atoms with Crippen LogP contribution in [0, 0.1) is 0 Å². The summed E-state index contributed by atoms with van der Waals surface area (Å²) in [5, 5.41) is 4.85. The van der Waals surface area contributed by atoms with Crippen molar-refractivity contribution in [1.82, 2.24) is 15.3 Å². The Morgan fingerprint density at radius 1 is 1.00 bits per heavy atom. The van der Waals surface area contributed by atoms with Crippen molar-refractivity contribution in [1.29, 1.82) is 0 Å². The molecule has 0 saturated carbocycles. The fourth-order valence-electron chi connectivity index (χ4n) is 2.40. The number of halogens is 1. The van der Waals surface area contributed by atoms with E-state index in [9.17, 15) is 14.4 Å². The van der Waals surface area contributed by atoms with Crippen molar-refractivity contribution in [3.8, 4) is 0 Å². The molecule has 2 aromatic carbocycles. The Bertz CT molecular complexity index is 1070. The molecule has 0 radical (unpaired) electrons. The number of imide groups is 1. The molecule has 0 aliphatic carbocycles. The number of hydrogen-bond acceptors (Lipinski definition) is 6. The Balaban J connectivity index is 1.71. The maximum absolute atomic E-state index is 12.3. The first-order chi connectivity index (χ1) is 13.5. The van der Waals surface area contributed by atoms with Crippen molar-refractivity contribution in [3.63, 3.8) is 0 Å². The third kappa shape index (κ3) is 4.41. The average Bonchev–Trinajstić information content (AvgIpc) is 2.69. The number of fused-ring (bicyclic) bond motifs is 1. The zero-order valence-corrected chi connectivity index (χ0v) is 15.5. The lowest BCUT2D eigenvalue weighted by atomic mass is 10.2. The Morgan fingerprint density at radius 3 is 2.46 bits per heavy atom. The summed E-state index contributed by atoms with van der Waals surface area (Å²) in [5.74, 6) is -1.17. The van der Waals surface area contributed by atoms with Crippen LogP contribution in [0.5, 0.6) is 0 Å². The van der Waals surface area contributed by atoms with E-state index in [4.69, 9.17) is 16.3 Å². The lowest BCUT2D eigenvalue weighted by Gasteiger charge is -2.10. The van der Waals surface area contributed by atoms with Gasteiger partial charge in [-0.05, 0) is 43.3 Å². The molecule has 3 aromatic rings. The molecule has 28 heavy (non-hydrogen) atoms. The van der Waals surface area contributed by atoms with Gasteiger partial charge in [-0.1, -0.05) is 11.6 Å². The minimum atomic E-state index is -0.799. The second-order valence-electron chi connectivity index (χ2n) is 5.58. The van der Waals surface area contributed by atoms with E-state index in [2.05, 4.69) is 20.6 Å². The van der Waals surface area contributed by atoms with E-state index < -0.39 is 17.9 Å². The number of urea groups is 1. The van der Waals surface area contributed by atoms with Crippen molar-refractivity contribution in [2.24, 2.45) is 0 Å².